The van der Waals surface area contributed by atoms with Gasteiger partial charge in [0.15, 0.2) is 6.10 Å². The van der Waals surface area contributed by atoms with Gasteiger partial charge >= 0.3 is 14.6 Å². The molecule has 1 aromatic heterocycles. The van der Waals surface area contributed by atoms with Crippen molar-refractivity contribution < 1.29 is 13.6 Å². The van der Waals surface area contributed by atoms with Crippen LogP contribution < -0.4 is 10.3 Å². The molecule has 1 aromatic rings. The molecule has 2 fully saturated rings. The molecule has 0 aliphatic carbocycles. The van der Waals surface area contributed by atoms with E-state index in [9.17, 15) is 4.79 Å². The summed E-state index contributed by atoms with van der Waals surface area (Å²) in [6.07, 6.45) is 1.62. The largest absolute Gasteiger partial charge is 0.455 e. The van der Waals surface area contributed by atoms with Gasteiger partial charge in [0.05, 0.1) is 11.9 Å². The molecule has 3 aliphatic rings. The third-order valence-electron chi connectivity index (χ3n) is 5.33. The second-order valence-corrected chi connectivity index (χ2v) is 15.2. The fraction of sp³-hybridized carbons (Fsp3) is 0.765. The summed E-state index contributed by atoms with van der Waals surface area (Å²) in [6, 6.07) is 1.89. The van der Waals surface area contributed by atoms with Gasteiger partial charge < -0.3 is 13.6 Å². The number of hydrogen-bond donors (Lipinski definition) is 0. The Bertz CT molecular complexity index is 740. The Labute approximate surface area is 153 Å². The Hall–Kier alpha value is -0.833. The van der Waals surface area contributed by atoms with E-state index in [0.29, 0.717) is 12.6 Å². The molecule has 0 bridgehead atoms. The summed E-state index contributed by atoms with van der Waals surface area (Å²) in [5.41, 5.74) is -0.270. The van der Waals surface area contributed by atoms with Crippen molar-refractivity contribution >= 4 is 20.3 Å². The Morgan fingerprint density at radius 2 is 1.88 bits per heavy atom. The van der Waals surface area contributed by atoms with Gasteiger partial charge in [-0.3, -0.25) is 9.36 Å². The zero-order valence-electron chi connectivity index (χ0n) is 15.6. The zero-order valence-corrected chi connectivity index (χ0v) is 17.4. The lowest BCUT2D eigenvalue weighted by molar-refractivity contribution is -0.0193. The molecule has 0 N–H and O–H groups in total. The first kappa shape index (κ1) is 17.6. The first-order valence-corrected chi connectivity index (χ1v) is 11.5. The summed E-state index contributed by atoms with van der Waals surface area (Å²) < 4.78 is 21.4. The number of fused-ring (bicyclic) bond motifs is 5. The van der Waals surface area contributed by atoms with E-state index in [-0.39, 0.29) is 38.5 Å². The fourth-order valence-corrected chi connectivity index (χ4v) is 11.2. The highest BCUT2D eigenvalue weighted by atomic mass is 32.2. The highest BCUT2D eigenvalue weighted by molar-refractivity contribution is 8.00. The maximum Gasteiger partial charge on any atom is 0.349 e. The molecule has 138 valence electrons. The van der Waals surface area contributed by atoms with Crippen LogP contribution >= 0.6 is 11.8 Å². The number of aromatic nitrogens is 2. The molecule has 0 saturated carbocycles. The summed E-state index contributed by atoms with van der Waals surface area (Å²) in [5.74, 6) is 0. The standard InChI is InChI=1S/C17H26N2O4SSi/c1-16(2,3)25(17(4,5)6)21-9-10-12(23-25)13-14(24-10)19-8-7-11(20)18-15(19)22-13/h7-8,10,12-14H,9H2,1-6H3/t10-,12-,13+,14-/m1/s1. The highest BCUT2D eigenvalue weighted by Crippen LogP contribution is 2.59. The first-order chi connectivity index (χ1) is 11.5. The van der Waals surface area contributed by atoms with E-state index >= 15 is 0 Å². The molecule has 0 radical (unpaired) electrons. The van der Waals surface area contributed by atoms with Crippen molar-refractivity contribution in [2.24, 2.45) is 0 Å². The molecule has 0 unspecified atom stereocenters. The number of ether oxygens (including phenoxy) is 1. The lowest BCUT2D eigenvalue weighted by atomic mass is 10.1. The van der Waals surface area contributed by atoms with E-state index in [2.05, 4.69) is 46.5 Å². The van der Waals surface area contributed by atoms with Gasteiger partial charge in [-0.2, -0.15) is 4.98 Å². The topological polar surface area (TPSA) is 62.6 Å². The average molecular weight is 383 g/mol. The van der Waals surface area contributed by atoms with E-state index in [4.69, 9.17) is 13.6 Å². The molecule has 0 amide bonds. The molecular formula is C17H26N2O4SSi. The van der Waals surface area contributed by atoms with Gasteiger partial charge in [-0.1, -0.05) is 41.5 Å². The van der Waals surface area contributed by atoms with Crippen molar-refractivity contribution in [3.8, 4) is 6.01 Å². The van der Waals surface area contributed by atoms with Crippen LogP contribution in [0.15, 0.2) is 17.1 Å². The van der Waals surface area contributed by atoms with Crippen LogP contribution in [-0.4, -0.2) is 42.2 Å². The number of thioether (sulfide) groups is 1. The second kappa shape index (κ2) is 5.34. The summed E-state index contributed by atoms with van der Waals surface area (Å²) >= 11 is 1.80. The van der Waals surface area contributed by atoms with Crippen LogP contribution in [0.2, 0.25) is 10.1 Å². The van der Waals surface area contributed by atoms with Crippen LogP contribution in [-0.2, 0) is 8.85 Å². The summed E-state index contributed by atoms with van der Waals surface area (Å²) in [7, 11) is -2.53. The predicted octanol–water partition coefficient (Wildman–Crippen LogP) is 3.08. The van der Waals surface area contributed by atoms with Crippen molar-refractivity contribution in [1.82, 2.24) is 9.55 Å². The molecule has 4 rings (SSSR count). The molecule has 4 atom stereocenters. The summed E-state index contributed by atoms with van der Waals surface area (Å²) in [6.45, 7) is 14.0. The Balaban J connectivity index is 1.69. The first-order valence-electron chi connectivity index (χ1n) is 8.77. The molecule has 2 saturated heterocycles. The summed E-state index contributed by atoms with van der Waals surface area (Å²) in [5, 5.41) is 0.218. The molecule has 0 spiro atoms. The zero-order chi connectivity index (χ0) is 18.2. The van der Waals surface area contributed by atoms with Gasteiger partial charge in [0.25, 0.3) is 5.56 Å². The van der Waals surface area contributed by atoms with Crippen molar-refractivity contribution in [1.29, 1.82) is 0 Å². The van der Waals surface area contributed by atoms with E-state index in [0.717, 1.165) is 0 Å². The Morgan fingerprint density at radius 1 is 1.20 bits per heavy atom. The smallest absolute Gasteiger partial charge is 0.349 e. The SMILES string of the molecule is CC(C)(C)[Si]1(C(C)(C)C)OC[C@H]2S[C@@H]3[C@@H](Oc4nc(=O)ccn43)[C@@H]2O1. The van der Waals surface area contributed by atoms with E-state index in [1.807, 2.05) is 4.57 Å². The number of rotatable bonds is 0. The van der Waals surface area contributed by atoms with E-state index in [1.165, 1.54) is 6.07 Å². The molecule has 6 nitrogen and oxygen atoms in total. The van der Waals surface area contributed by atoms with Gasteiger partial charge in [0.2, 0.25) is 0 Å². The second-order valence-electron chi connectivity index (χ2n) is 9.11. The minimum absolute atomic E-state index is 0.0364. The predicted molar refractivity (Wildman–Crippen MR) is 99.3 cm³/mol. The Morgan fingerprint density at radius 3 is 2.52 bits per heavy atom. The van der Waals surface area contributed by atoms with E-state index in [1.54, 1.807) is 18.0 Å². The van der Waals surface area contributed by atoms with Crippen molar-refractivity contribution in [2.75, 3.05) is 6.61 Å². The van der Waals surface area contributed by atoms with Crippen molar-refractivity contribution in [3.05, 3.63) is 22.6 Å². The van der Waals surface area contributed by atoms with Gasteiger partial charge in [0.1, 0.15) is 11.5 Å². The number of hydrogen-bond acceptors (Lipinski definition) is 6. The molecular weight excluding hydrogens is 356 g/mol. The van der Waals surface area contributed by atoms with E-state index < -0.39 is 8.56 Å². The molecule has 4 heterocycles. The minimum Gasteiger partial charge on any atom is -0.455 e. The maximum atomic E-state index is 11.5. The van der Waals surface area contributed by atoms with Gasteiger partial charge in [-0.15, -0.1) is 11.8 Å². The van der Waals surface area contributed by atoms with Gasteiger partial charge in [0, 0.05) is 22.3 Å². The van der Waals surface area contributed by atoms with Crippen LogP contribution in [0.1, 0.15) is 46.9 Å². The van der Waals surface area contributed by atoms with Crippen LogP contribution in [0.25, 0.3) is 0 Å². The lowest BCUT2D eigenvalue weighted by Gasteiger charge is -2.53. The van der Waals surface area contributed by atoms with Gasteiger partial charge in [-0.05, 0) is 0 Å². The molecule has 8 heteroatoms. The molecule has 0 aromatic carbocycles. The normalized spacial score (nSPS) is 33.4. The van der Waals surface area contributed by atoms with Crippen molar-refractivity contribution in [2.45, 2.75) is 74.5 Å². The molecule has 25 heavy (non-hydrogen) atoms. The fourth-order valence-electron chi connectivity index (χ4n) is 4.47. The highest BCUT2D eigenvalue weighted by Gasteiger charge is 2.66. The Kier molecular flexibility index (Phi) is 3.75. The third kappa shape index (κ3) is 2.44. The monoisotopic (exact) mass is 382 g/mol. The van der Waals surface area contributed by atoms with Crippen molar-refractivity contribution in [3.63, 3.8) is 0 Å². The summed E-state index contributed by atoms with van der Waals surface area (Å²) in [4.78, 5) is 15.5. The third-order valence-corrected chi connectivity index (χ3v) is 12.0. The quantitative estimate of drug-likeness (QED) is 0.643. The molecule has 3 aliphatic heterocycles. The van der Waals surface area contributed by atoms with Crippen LogP contribution in [0.5, 0.6) is 6.01 Å². The average Bonchev–Trinajstić information content (AvgIpc) is 2.99. The minimum atomic E-state index is -2.53. The van der Waals surface area contributed by atoms with Crippen LogP contribution in [0.3, 0.4) is 0 Å². The maximum absolute atomic E-state index is 11.5. The lowest BCUT2D eigenvalue weighted by Crippen LogP contribution is -2.65. The number of nitrogens with zero attached hydrogens (tertiary/aromatic N) is 2. The van der Waals surface area contributed by atoms with Crippen LogP contribution in [0, 0.1) is 0 Å². The van der Waals surface area contributed by atoms with Crippen LogP contribution in [0.4, 0.5) is 0 Å². The van der Waals surface area contributed by atoms with Gasteiger partial charge in [-0.25, -0.2) is 0 Å².